The van der Waals surface area contributed by atoms with Gasteiger partial charge >= 0.3 is 0 Å². The molecule has 0 saturated heterocycles. The molecule has 0 unspecified atom stereocenters. The fraction of sp³-hybridized carbons (Fsp3) is 0.333. The molecule has 0 fully saturated rings. The quantitative estimate of drug-likeness (QED) is 0.884. The predicted octanol–water partition coefficient (Wildman–Crippen LogP) is 3.04. The third-order valence-electron chi connectivity index (χ3n) is 2.25. The van der Waals surface area contributed by atoms with Gasteiger partial charge in [-0.25, -0.2) is 0 Å². The van der Waals surface area contributed by atoms with Crippen LogP contribution < -0.4 is 10.1 Å². The predicted molar refractivity (Wildman–Crippen MR) is 70.7 cm³/mol. The highest BCUT2D eigenvalue weighted by Crippen LogP contribution is 2.28. The molecule has 17 heavy (non-hydrogen) atoms. The lowest BCUT2D eigenvalue weighted by Gasteiger charge is -2.05. The van der Waals surface area contributed by atoms with Crippen LogP contribution in [0, 0.1) is 0 Å². The van der Waals surface area contributed by atoms with Crippen LogP contribution in [-0.2, 0) is 0 Å². The van der Waals surface area contributed by atoms with Gasteiger partial charge < -0.3 is 10.1 Å². The van der Waals surface area contributed by atoms with E-state index in [1.54, 1.807) is 0 Å². The summed E-state index contributed by atoms with van der Waals surface area (Å²) in [4.78, 5) is 0. The van der Waals surface area contributed by atoms with Crippen molar-refractivity contribution in [3.8, 4) is 17.0 Å². The Kier molecular flexibility index (Phi) is 3.93. The van der Waals surface area contributed by atoms with Crippen molar-refractivity contribution in [2.24, 2.45) is 0 Å². The first-order chi connectivity index (χ1) is 8.35. The molecule has 90 valence electrons. The topological polar surface area (TPSA) is 47.0 Å². The zero-order valence-electron chi connectivity index (χ0n) is 9.93. The third-order valence-corrected chi connectivity index (χ3v) is 2.78. The highest BCUT2D eigenvalue weighted by Gasteiger charge is 2.10. The van der Waals surface area contributed by atoms with E-state index in [1.807, 2.05) is 38.1 Å². The molecule has 0 bridgehead atoms. The van der Waals surface area contributed by atoms with Gasteiger partial charge in [0.15, 0.2) is 5.82 Å². The molecule has 1 aromatic heterocycles. The van der Waals surface area contributed by atoms with E-state index in [0.29, 0.717) is 6.61 Å². The molecule has 1 heterocycles. The Morgan fingerprint density at radius 3 is 2.94 bits per heavy atom. The molecule has 2 rings (SSSR count). The summed E-state index contributed by atoms with van der Waals surface area (Å²) in [6, 6.07) is 7.91. The van der Waals surface area contributed by atoms with Gasteiger partial charge in [-0.3, -0.25) is 0 Å². The monoisotopic (exact) mass is 249 g/mol. The smallest absolute Gasteiger partial charge is 0.168 e. The first kappa shape index (κ1) is 11.9. The lowest BCUT2D eigenvalue weighted by atomic mass is 10.1. The van der Waals surface area contributed by atoms with Gasteiger partial charge in [0.2, 0.25) is 0 Å². The highest BCUT2D eigenvalue weighted by atomic mass is 32.1. The zero-order valence-corrected chi connectivity index (χ0v) is 10.8. The second-order valence-electron chi connectivity index (χ2n) is 3.45. The van der Waals surface area contributed by atoms with Crippen LogP contribution >= 0.6 is 11.7 Å². The molecular weight excluding hydrogens is 234 g/mol. The summed E-state index contributed by atoms with van der Waals surface area (Å²) in [5.74, 6) is 1.70. The number of benzene rings is 1. The number of ether oxygens (including phenoxy) is 1. The maximum Gasteiger partial charge on any atom is 0.168 e. The largest absolute Gasteiger partial charge is 0.494 e. The van der Waals surface area contributed by atoms with Crippen molar-refractivity contribution in [1.82, 2.24) is 8.75 Å². The summed E-state index contributed by atoms with van der Waals surface area (Å²) in [7, 11) is 0. The van der Waals surface area contributed by atoms with Crippen LogP contribution in [0.3, 0.4) is 0 Å². The zero-order chi connectivity index (χ0) is 12.1. The van der Waals surface area contributed by atoms with Crippen molar-refractivity contribution < 1.29 is 4.74 Å². The summed E-state index contributed by atoms with van der Waals surface area (Å²) in [5.41, 5.74) is 1.92. The maximum absolute atomic E-state index is 5.48. The van der Waals surface area contributed by atoms with Crippen molar-refractivity contribution in [3.05, 3.63) is 24.3 Å². The fourth-order valence-corrected chi connectivity index (χ4v) is 2.11. The van der Waals surface area contributed by atoms with Gasteiger partial charge in [0.25, 0.3) is 0 Å². The van der Waals surface area contributed by atoms with Crippen LogP contribution in [0.2, 0.25) is 0 Å². The van der Waals surface area contributed by atoms with E-state index in [1.165, 1.54) is 11.7 Å². The molecule has 0 amide bonds. The molecule has 0 atom stereocenters. The molecular formula is C12H15N3OS. The molecule has 2 aromatic rings. The Bertz CT molecular complexity index is 484. The van der Waals surface area contributed by atoms with Crippen molar-refractivity contribution in [1.29, 1.82) is 0 Å². The number of hydrogen-bond acceptors (Lipinski definition) is 5. The lowest BCUT2D eigenvalue weighted by molar-refractivity contribution is 0.340. The Hall–Kier alpha value is -1.62. The second kappa shape index (κ2) is 5.63. The summed E-state index contributed by atoms with van der Waals surface area (Å²) in [6.07, 6.45) is 0. The van der Waals surface area contributed by atoms with E-state index in [4.69, 9.17) is 4.74 Å². The van der Waals surface area contributed by atoms with Crippen LogP contribution in [0.25, 0.3) is 11.3 Å². The average Bonchev–Trinajstić information content (AvgIpc) is 2.79. The standard InChI is InChI=1S/C12H15N3OS/c1-3-13-12-11(14-17-15-12)9-6-5-7-10(8-9)16-4-2/h5-8H,3-4H2,1-2H3,(H,13,15). The maximum atomic E-state index is 5.48. The molecule has 4 nitrogen and oxygen atoms in total. The number of rotatable bonds is 5. The van der Waals surface area contributed by atoms with Crippen molar-refractivity contribution in [3.63, 3.8) is 0 Å². The summed E-state index contributed by atoms with van der Waals surface area (Å²) >= 11 is 1.22. The number of nitrogens with zero attached hydrogens (tertiary/aromatic N) is 2. The second-order valence-corrected chi connectivity index (χ2v) is 3.98. The van der Waals surface area contributed by atoms with Gasteiger partial charge in [-0.2, -0.15) is 8.75 Å². The first-order valence-corrected chi connectivity index (χ1v) is 6.37. The highest BCUT2D eigenvalue weighted by molar-refractivity contribution is 6.99. The number of aromatic nitrogens is 2. The van der Waals surface area contributed by atoms with E-state index in [2.05, 4.69) is 14.1 Å². The van der Waals surface area contributed by atoms with Crippen molar-refractivity contribution in [2.45, 2.75) is 13.8 Å². The summed E-state index contributed by atoms with van der Waals surface area (Å²) < 4.78 is 14.0. The Balaban J connectivity index is 2.31. The Morgan fingerprint density at radius 2 is 2.18 bits per heavy atom. The molecule has 0 aliphatic rings. The normalized spacial score (nSPS) is 10.2. The molecule has 0 aliphatic heterocycles. The van der Waals surface area contributed by atoms with E-state index in [0.717, 1.165) is 29.4 Å². The SMILES string of the molecule is CCNc1nsnc1-c1cccc(OCC)c1. The van der Waals surface area contributed by atoms with Crippen LogP contribution in [0.5, 0.6) is 5.75 Å². The van der Waals surface area contributed by atoms with Crippen LogP contribution in [0.4, 0.5) is 5.82 Å². The average molecular weight is 249 g/mol. The van der Waals surface area contributed by atoms with Crippen LogP contribution in [0.15, 0.2) is 24.3 Å². The first-order valence-electron chi connectivity index (χ1n) is 5.64. The number of nitrogens with one attached hydrogen (secondary N) is 1. The minimum Gasteiger partial charge on any atom is -0.494 e. The molecule has 0 aliphatic carbocycles. The third kappa shape index (κ3) is 2.74. The van der Waals surface area contributed by atoms with Crippen molar-refractivity contribution >= 4 is 17.5 Å². The molecule has 0 spiro atoms. The molecule has 1 aromatic carbocycles. The van der Waals surface area contributed by atoms with E-state index in [-0.39, 0.29) is 0 Å². The molecule has 5 heteroatoms. The van der Waals surface area contributed by atoms with Gasteiger partial charge in [-0.15, -0.1) is 0 Å². The molecule has 0 radical (unpaired) electrons. The van der Waals surface area contributed by atoms with Crippen LogP contribution in [-0.4, -0.2) is 21.9 Å². The van der Waals surface area contributed by atoms with E-state index in [9.17, 15) is 0 Å². The minimum atomic E-state index is 0.666. The Morgan fingerprint density at radius 1 is 1.29 bits per heavy atom. The van der Waals surface area contributed by atoms with Gasteiger partial charge in [-0.05, 0) is 26.0 Å². The summed E-state index contributed by atoms with van der Waals surface area (Å²) in [6.45, 7) is 5.52. The van der Waals surface area contributed by atoms with Crippen molar-refractivity contribution in [2.75, 3.05) is 18.5 Å². The van der Waals surface area contributed by atoms with Gasteiger partial charge in [0.05, 0.1) is 18.3 Å². The lowest BCUT2D eigenvalue weighted by Crippen LogP contribution is -1.98. The summed E-state index contributed by atoms with van der Waals surface area (Å²) in [5, 5.41) is 3.20. The molecule has 0 saturated carbocycles. The molecule has 1 N–H and O–H groups in total. The number of anilines is 1. The minimum absolute atomic E-state index is 0.666. The van der Waals surface area contributed by atoms with Crippen LogP contribution in [0.1, 0.15) is 13.8 Å². The van der Waals surface area contributed by atoms with Gasteiger partial charge in [0.1, 0.15) is 11.4 Å². The van der Waals surface area contributed by atoms with Gasteiger partial charge in [0, 0.05) is 12.1 Å². The fourth-order valence-electron chi connectivity index (χ4n) is 1.56. The Labute approximate surface area is 105 Å². The van der Waals surface area contributed by atoms with E-state index >= 15 is 0 Å². The number of hydrogen-bond donors (Lipinski definition) is 1. The van der Waals surface area contributed by atoms with E-state index < -0.39 is 0 Å². The van der Waals surface area contributed by atoms with Gasteiger partial charge in [-0.1, -0.05) is 12.1 Å².